The Bertz CT molecular complexity index is 1920. The van der Waals surface area contributed by atoms with Crippen LogP contribution in [-0.4, -0.2) is 153 Å². The number of primary amides is 2. The molecule has 1 aromatic rings. The van der Waals surface area contributed by atoms with Crippen LogP contribution in [0.2, 0.25) is 0 Å². The SMILES string of the molecule is CCC(C)C(NC(=O)C(C)NC(=O)C(CCCCN)NC(=O)C(CC(N)=O)NC(=O)C(NC(=O)C(C)NC(=O)C(CO)NC(=O)C(N)CCC(N)=O)C(C)CC)C(=O)NC(Cc1cnc[nH]1)C(=O)O. The Kier molecular flexibility index (Phi) is 26.7. The number of nitrogens with two attached hydrogens (primary N) is 4. The molecule has 1 aromatic heterocycles. The zero-order valence-electron chi connectivity index (χ0n) is 39.9. The number of rotatable bonds is 33. The molecule has 1 rings (SSSR count). The van der Waals surface area contributed by atoms with E-state index in [0.29, 0.717) is 31.4 Å². The van der Waals surface area contributed by atoms with Gasteiger partial charge in [-0.25, -0.2) is 9.78 Å². The van der Waals surface area contributed by atoms with Gasteiger partial charge in [0, 0.05) is 24.7 Å². The van der Waals surface area contributed by atoms with Gasteiger partial charge in [-0.1, -0.05) is 40.5 Å². The van der Waals surface area contributed by atoms with Gasteiger partial charge in [0.15, 0.2) is 0 Å². The molecule has 0 aromatic carbocycles. The molecule has 1 heterocycles. The number of hydrogen-bond acceptors (Lipinski definition) is 15. The maximum atomic E-state index is 13.8. The average Bonchev–Trinajstić information content (AvgIpc) is 3.81. The Morgan fingerprint density at radius 3 is 1.52 bits per heavy atom. The average molecular weight is 981 g/mol. The largest absolute Gasteiger partial charge is 0.480 e. The van der Waals surface area contributed by atoms with Gasteiger partial charge < -0.3 is 80.7 Å². The van der Waals surface area contributed by atoms with E-state index < -0.39 is 144 Å². The van der Waals surface area contributed by atoms with Crippen LogP contribution in [0.5, 0.6) is 0 Å². The zero-order valence-corrected chi connectivity index (χ0v) is 39.9. The standard InChI is InChI=1S/C42H72N14O13/c1-7-20(3)32(55-35(61)23(6)50-39(65)29(18-57)54-36(62)25(44)12-13-30(45)58)40(66)52-27(16-31(46)59)38(64)51-26(11-9-10-14-43)37(63)49-22(5)34(60)56-33(21(4)8-2)41(67)53-28(42(68)69)15-24-17-47-19-48-24/h17,19-23,25-29,32-33,57H,7-16,18,43-44H2,1-6H3,(H2,45,58)(H2,46,59)(H,47,48)(H,49,63)(H,50,65)(H,51,64)(H,52,66)(H,53,67)(H,54,62)(H,55,61)(H,56,60)(H,68,69). The van der Waals surface area contributed by atoms with Gasteiger partial charge in [0.25, 0.3) is 0 Å². The van der Waals surface area contributed by atoms with Crippen LogP contribution < -0.4 is 65.5 Å². The summed E-state index contributed by atoms with van der Waals surface area (Å²) in [5.74, 6) is -11.4. The Morgan fingerprint density at radius 2 is 1.09 bits per heavy atom. The molecule has 11 unspecified atom stereocenters. The highest BCUT2D eigenvalue weighted by Crippen LogP contribution is 2.12. The zero-order chi connectivity index (χ0) is 52.5. The van der Waals surface area contributed by atoms with Gasteiger partial charge in [0.1, 0.15) is 48.3 Å². The summed E-state index contributed by atoms with van der Waals surface area (Å²) >= 11 is 0. The van der Waals surface area contributed by atoms with Crippen LogP contribution in [0, 0.1) is 11.8 Å². The minimum Gasteiger partial charge on any atom is -0.480 e. The van der Waals surface area contributed by atoms with E-state index in [2.05, 4.69) is 52.5 Å². The van der Waals surface area contributed by atoms with E-state index in [1.165, 1.54) is 26.4 Å². The second-order valence-electron chi connectivity index (χ2n) is 16.8. The van der Waals surface area contributed by atoms with Crippen LogP contribution in [-0.2, 0) is 59.2 Å². The summed E-state index contributed by atoms with van der Waals surface area (Å²) in [5, 5.41) is 39.0. The topological polar surface area (TPSA) is 457 Å². The number of carbonyl (C=O) groups is 11. The fraction of sp³-hybridized carbons (Fsp3) is 0.667. The summed E-state index contributed by atoms with van der Waals surface area (Å²) in [6.45, 7) is 8.61. The van der Waals surface area contributed by atoms with Crippen molar-refractivity contribution < 1.29 is 63.0 Å². The first kappa shape index (κ1) is 60.3. The predicted octanol–water partition coefficient (Wildman–Crippen LogP) is -5.36. The number of aliphatic carboxylic acids is 1. The van der Waals surface area contributed by atoms with Crippen LogP contribution in [0.25, 0.3) is 0 Å². The van der Waals surface area contributed by atoms with E-state index in [4.69, 9.17) is 22.9 Å². The number of aromatic amines is 1. The normalized spacial score (nSPS) is 15.8. The fourth-order valence-electron chi connectivity index (χ4n) is 6.40. The van der Waals surface area contributed by atoms with Crippen molar-refractivity contribution in [2.45, 2.75) is 154 Å². The molecule has 27 nitrogen and oxygen atoms in total. The number of hydrogen-bond donors (Lipinski definition) is 15. The van der Waals surface area contributed by atoms with Gasteiger partial charge in [0.05, 0.1) is 25.4 Å². The van der Waals surface area contributed by atoms with Crippen molar-refractivity contribution in [3.05, 3.63) is 18.2 Å². The minimum absolute atomic E-state index is 0.0246. The van der Waals surface area contributed by atoms with Gasteiger partial charge in [0.2, 0.25) is 59.1 Å². The highest BCUT2D eigenvalue weighted by molar-refractivity contribution is 5.99. The summed E-state index contributed by atoms with van der Waals surface area (Å²) < 4.78 is 0. The monoisotopic (exact) mass is 981 g/mol. The molecule has 11 atom stereocenters. The molecule has 69 heavy (non-hydrogen) atoms. The van der Waals surface area contributed by atoms with E-state index in [0.717, 1.165) is 0 Å². The number of unbranched alkanes of at least 4 members (excludes halogenated alkanes) is 1. The summed E-state index contributed by atoms with van der Waals surface area (Å²) in [6, 6.07) is -12.5. The molecule has 0 spiro atoms. The van der Waals surface area contributed by atoms with Crippen LogP contribution in [0.15, 0.2) is 12.5 Å². The van der Waals surface area contributed by atoms with E-state index in [9.17, 15) is 63.0 Å². The lowest BCUT2D eigenvalue weighted by molar-refractivity contribution is -0.142. The molecule has 0 aliphatic heterocycles. The molecule has 10 amide bonds. The van der Waals surface area contributed by atoms with Crippen molar-refractivity contribution in [1.82, 2.24) is 52.5 Å². The number of amides is 10. The van der Waals surface area contributed by atoms with Crippen molar-refractivity contribution in [2.75, 3.05) is 13.2 Å². The lowest BCUT2D eigenvalue weighted by atomic mass is 9.97. The molecule has 0 aliphatic rings. The third-order valence-corrected chi connectivity index (χ3v) is 11.2. The molecule has 388 valence electrons. The first-order chi connectivity index (χ1) is 32.4. The molecule has 0 radical (unpaired) electrons. The third kappa shape index (κ3) is 21.4. The molecule has 0 aliphatic carbocycles. The fourth-order valence-corrected chi connectivity index (χ4v) is 6.40. The van der Waals surface area contributed by atoms with Crippen LogP contribution in [0.4, 0.5) is 0 Å². The highest BCUT2D eigenvalue weighted by atomic mass is 16.4. The molecule has 19 N–H and O–H groups in total. The van der Waals surface area contributed by atoms with Crippen molar-refractivity contribution in [3.8, 4) is 0 Å². The second kappa shape index (κ2) is 30.6. The smallest absolute Gasteiger partial charge is 0.326 e. The Morgan fingerprint density at radius 1 is 0.609 bits per heavy atom. The summed E-state index contributed by atoms with van der Waals surface area (Å²) in [4.78, 5) is 149. The second-order valence-corrected chi connectivity index (χ2v) is 16.8. The molecule has 0 saturated heterocycles. The number of aliphatic hydroxyl groups is 1. The van der Waals surface area contributed by atoms with Crippen LogP contribution in [0.1, 0.15) is 98.6 Å². The van der Waals surface area contributed by atoms with Gasteiger partial charge in [-0.3, -0.25) is 47.9 Å². The van der Waals surface area contributed by atoms with Gasteiger partial charge in [-0.2, -0.15) is 0 Å². The van der Waals surface area contributed by atoms with Crippen molar-refractivity contribution in [2.24, 2.45) is 34.8 Å². The van der Waals surface area contributed by atoms with Crippen LogP contribution in [0.3, 0.4) is 0 Å². The maximum Gasteiger partial charge on any atom is 0.326 e. The minimum atomic E-state index is -1.69. The maximum absolute atomic E-state index is 13.8. The number of aromatic nitrogens is 2. The van der Waals surface area contributed by atoms with Gasteiger partial charge >= 0.3 is 5.97 Å². The first-order valence-electron chi connectivity index (χ1n) is 22.7. The van der Waals surface area contributed by atoms with E-state index in [-0.39, 0.29) is 32.2 Å². The molecule has 0 bridgehead atoms. The summed E-state index contributed by atoms with van der Waals surface area (Å²) in [7, 11) is 0. The summed E-state index contributed by atoms with van der Waals surface area (Å²) in [6.07, 6.45) is 2.91. The third-order valence-electron chi connectivity index (χ3n) is 11.2. The van der Waals surface area contributed by atoms with Crippen molar-refractivity contribution >= 4 is 65.0 Å². The molecule has 0 fully saturated rings. The number of carboxylic acids is 1. The van der Waals surface area contributed by atoms with E-state index in [1.54, 1.807) is 27.7 Å². The first-order valence-corrected chi connectivity index (χ1v) is 22.7. The van der Waals surface area contributed by atoms with Crippen molar-refractivity contribution in [3.63, 3.8) is 0 Å². The predicted molar refractivity (Wildman–Crippen MR) is 246 cm³/mol. The number of nitrogens with one attached hydrogen (secondary N) is 9. The number of aliphatic hydroxyl groups excluding tert-OH is 1. The lowest BCUT2D eigenvalue weighted by Crippen LogP contribution is -2.61. The lowest BCUT2D eigenvalue weighted by Gasteiger charge is -2.29. The quantitative estimate of drug-likeness (QED) is 0.0292. The summed E-state index contributed by atoms with van der Waals surface area (Å²) in [5.41, 5.74) is 22.4. The molecule has 27 heteroatoms. The number of imidazole rings is 1. The molecular weight excluding hydrogens is 909 g/mol. The molecular formula is C42H72N14O13. The Hall–Kier alpha value is -6.74. The number of carboxylic acid groups (broad SMARTS) is 1. The van der Waals surface area contributed by atoms with Crippen LogP contribution >= 0.6 is 0 Å². The number of H-pyrrole nitrogens is 1. The van der Waals surface area contributed by atoms with Crippen molar-refractivity contribution in [1.29, 1.82) is 0 Å². The number of nitrogens with zero attached hydrogens (tertiary/aromatic N) is 1. The number of carbonyl (C=O) groups excluding carboxylic acids is 10. The molecule has 0 saturated carbocycles. The van der Waals surface area contributed by atoms with Gasteiger partial charge in [-0.05, 0) is 57.9 Å². The highest BCUT2D eigenvalue weighted by Gasteiger charge is 2.36. The van der Waals surface area contributed by atoms with E-state index >= 15 is 0 Å². The Balaban J connectivity index is 3.19. The van der Waals surface area contributed by atoms with E-state index in [1.807, 2.05) is 0 Å². The Labute approximate surface area is 399 Å². The van der Waals surface area contributed by atoms with Gasteiger partial charge in [-0.15, -0.1) is 0 Å².